The summed E-state index contributed by atoms with van der Waals surface area (Å²) in [7, 11) is 3.20. The van der Waals surface area contributed by atoms with Gasteiger partial charge in [0.05, 0.1) is 13.0 Å². The van der Waals surface area contributed by atoms with Gasteiger partial charge in [0.25, 0.3) is 0 Å². The van der Waals surface area contributed by atoms with Crippen LogP contribution in [0, 0.1) is 11.8 Å². The molecule has 2 rings (SSSR count). The second kappa shape index (κ2) is 8.57. The summed E-state index contributed by atoms with van der Waals surface area (Å²) in [6.45, 7) is 4.32. The number of phenolic OH excluding ortho intramolecular Hbond substituents is 1. The van der Waals surface area contributed by atoms with Crippen molar-refractivity contribution in [1.29, 1.82) is 0 Å². The lowest BCUT2D eigenvalue weighted by atomic mass is 9.99. The molecule has 2 N–H and O–H groups in total. The number of nitrogens with one attached hydrogen (secondary N) is 1. The molecule has 0 aromatic heterocycles. The maximum Gasteiger partial charge on any atom is 0.310 e. The topological polar surface area (TPSA) is 74.2 Å². The minimum absolute atomic E-state index is 0.0921. The number of esters is 1. The Morgan fingerprint density at radius 2 is 2.08 bits per heavy atom. The number of rotatable bonds is 5. The number of carbonyl (C=O) groups is 1. The van der Waals surface area contributed by atoms with Crippen molar-refractivity contribution < 1.29 is 14.6 Å². The summed E-state index contributed by atoms with van der Waals surface area (Å²) in [5.74, 6) is 1.14. The minimum atomic E-state index is -0.146. The normalized spacial score (nSPS) is 21.0. The molecule has 0 aliphatic carbocycles. The van der Waals surface area contributed by atoms with Crippen LogP contribution in [0.5, 0.6) is 5.75 Å². The zero-order chi connectivity index (χ0) is 17.5. The van der Waals surface area contributed by atoms with Crippen LogP contribution in [0.15, 0.2) is 29.3 Å². The van der Waals surface area contributed by atoms with Gasteiger partial charge in [0.2, 0.25) is 0 Å². The summed E-state index contributed by atoms with van der Waals surface area (Å²) in [6, 6.07) is 7.29. The van der Waals surface area contributed by atoms with E-state index in [0.29, 0.717) is 12.3 Å². The number of carbonyl (C=O) groups excluding carboxylic acids is 1. The second-order valence-electron chi connectivity index (χ2n) is 6.26. The smallest absolute Gasteiger partial charge is 0.310 e. The van der Waals surface area contributed by atoms with E-state index >= 15 is 0 Å². The quantitative estimate of drug-likeness (QED) is 0.371. The first kappa shape index (κ1) is 18.1. The third-order valence-corrected chi connectivity index (χ3v) is 4.49. The molecule has 6 nitrogen and oxygen atoms in total. The number of likely N-dealkylation sites (tertiary alicyclic amines) is 1. The highest BCUT2D eigenvalue weighted by Crippen LogP contribution is 2.24. The Kier molecular flexibility index (Phi) is 6.46. The number of aliphatic imine (C=N–C) groups is 1. The van der Waals surface area contributed by atoms with Crippen molar-refractivity contribution in [3.05, 3.63) is 29.8 Å². The van der Waals surface area contributed by atoms with Crippen molar-refractivity contribution >= 4 is 11.9 Å². The first-order valence-electron chi connectivity index (χ1n) is 8.36. The van der Waals surface area contributed by atoms with E-state index in [9.17, 15) is 9.90 Å². The largest absolute Gasteiger partial charge is 0.508 e. The van der Waals surface area contributed by atoms with Gasteiger partial charge >= 0.3 is 5.97 Å². The van der Waals surface area contributed by atoms with E-state index in [0.717, 1.165) is 31.9 Å². The summed E-state index contributed by atoms with van der Waals surface area (Å²) < 4.78 is 4.88. The van der Waals surface area contributed by atoms with Crippen molar-refractivity contribution in [2.45, 2.75) is 19.8 Å². The van der Waals surface area contributed by atoms with Crippen molar-refractivity contribution in [1.82, 2.24) is 10.2 Å². The van der Waals surface area contributed by atoms with Crippen LogP contribution in [0.3, 0.4) is 0 Å². The molecule has 1 heterocycles. The van der Waals surface area contributed by atoms with E-state index in [1.54, 1.807) is 19.2 Å². The minimum Gasteiger partial charge on any atom is -0.508 e. The summed E-state index contributed by atoms with van der Waals surface area (Å²) in [6.07, 6.45) is 1.90. The van der Waals surface area contributed by atoms with Gasteiger partial charge in [-0.3, -0.25) is 9.79 Å². The number of phenols is 1. The standard InChI is InChI=1S/C18H27N3O3/c1-13-11-21(12-16(13)17(23)24-3)18(19-2)20-10-4-5-14-6-8-15(22)9-7-14/h6-9,13,16,22H,4-5,10-12H2,1-3H3,(H,19,20). The number of nitrogens with zero attached hydrogens (tertiary/aromatic N) is 2. The van der Waals surface area contributed by atoms with Crippen LogP contribution < -0.4 is 5.32 Å². The molecule has 0 spiro atoms. The molecule has 2 atom stereocenters. The van der Waals surface area contributed by atoms with E-state index < -0.39 is 0 Å². The first-order chi connectivity index (χ1) is 11.5. The Morgan fingerprint density at radius 3 is 2.71 bits per heavy atom. The molecule has 1 aromatic carbocycles. The second-order valence-corrected chi connectivity index (χ2v) is 6.26. The van der Waals surface area contributed by atoms with E-state index in [-0.39, 0.29) is 17.8 Å². The molecule has 2 unspecified atom stereocenters. The van der Waals surface area contributed by atoms with Gasteiger partial charge in [-0.1, -0.05) is 19.1 Å². The highest BCUT2D eigenvalue weighted by molar-refractivity contribution is 5.82. The predicted molar refractivity (Wildman–Crippen MR) is 94.0 cm³/mol. The number of guanidine groups is 1. The lowest BCUT2D eigenvalue weighted by molar-refractivity contribution is -0.145. The Balaban J connectivity index is 1.78. The molecule has 1 aliphatic rings. The Bertz CT molecular complexity index is 571. The maximum atomic E-state index is 11.8. The number of aromatic hydroxyl groups is 1. The average molecular weight is 333 g/mol. The molecule has 132 valence electrons. The molecule has 0 bridgehead atoms. The average Bonchev–Trinajstić information content (AvgIpc) is 2.97. The molecular formula is C18H27N3O3. The molecule has 1 aliphatic heterocycles. The lowest BCUT2D eigenvalue weighted by Crippen LogP contribution is -2.41. The molecule has 1 saturated heterocycles. The van der Waals surface area contributed by atoms with E-state index in [2.05, 4.69) is 22.1 Å². The van der Waals surface area contributed by atoms with Crippen molar-refractivity contribution in [3.8, 4) is 5.75 Å². The van der Waals surface area contributed by atoms with Crippen LogP contribution in [-0.2, 0) is 16.0 Å². The fraction of sp³-hybridized carbons (Fsp3) is 0.556. The zero-order valence-electron chi connectivity index (χ0n) is 14.7. The van der Waals surface area contributed by atoms with Crippen LogP contribution in [-0.4, -0.2) is 55.7 Å². The SMILES string of the molecule is CN=C(NCCCc1ccc(O)cc1)N1CC(C)C(C(=O)OC)C1. The van der Waals surface area contributed by atoms with Crippen LogP contribution in [0.2, 0.25) is 0 Å². The number of hydrogen-bond acceptors (Lipinski definition) is 4. The number of hydrogen-bond donors (Lipinski definition) is 2. The Hall–Kier alpha value is -2.24. The van der Waals surface area contributed by atoms with Crippen LogP contribution in [0.1, 0.15) is 18.9 Å². The van der Waals surface area contributed by atoms with Crippen LogP contribution >= 0.6 is 0 Å². The van der Waals surface area contributed by atoms with Gasteiger partial charge in [-0.15, -0.1) is 0 Å². The third-order valence-electron chi connectivity index (χ3n) is 4.49. The highest BCUT2D eigenvalue weighted by Gasteiger charge is 2.36. The number of benzene rings is 1. The van der Waals surface area contributed by atoms with Gasteiger partial charge in [0, 0.05) is 26.7 Å². The van der Waals surface area contributed by atoms with E-state index in [1.165, 1.54) is 12.7 Å². The van der Waals surface area contributed by atoms with Crippen LogP contribution in [0.25, 0.3) is 0 Å². The van der Waals surface area contributed by atoms with Gasteiger partial charge in [-0.2, -0.15) is 0 Å². The maximum absolute atomic E-state index is 11.8. The third kappa shape index (κ3) is 4.63. The lowest BCUT2D eigenvalue weighted by Gasteiger charge is -2.21. The van der Waals surface area contributed by atoms with Gasteiger partial charge in [-0.05, 0) is 36.5 Å². The van der Waals surface area contributed by atoms with Crippen molar-refractivity contribution in [2.75, 3.05) is 33.8 Å². The summed E-state index contributed by atoms with van der Waals surface area (Å²) in [5, 5.41) is 12.7. The molecule has 0 amide bonds. The molecule has 0 radical (unpaired) electrons. The Morgan fingerprint density at radius 1 is 1.38 bits per heavy atom. The van der Waals surface area contributed by atoms with E-state index in [4.69, 9.17) is 4.74 Å². The molecule has 24 heavy (non-hydrogen) atoms. The predicted octanol–water partition coefficient (Wildman–Crippen LogP) is 1.64. The van der Waals surface area contributed by atoms with Crippen molar-refractivity contribution in [3.63, 3.8) is 0 Å². The number of ether oxygens (including phenoxy) is 1. The first-order valence-corrected chi connectivity index (χ1v) is 8.36. The van der Waals surface area contributed by atoms with Gasteiger partial charge < -0.3 is 20.1 Å². The molecular weight excluding hydrogens is 306 g/mol. The van der Waals surface area contributed by atoms with Gasteiger partial charge in [0.1, 0.15) is 5.75 Å². The molecule has 1 fully saturated rings. The monoisotopic (exact) mass is 333 g/mol. The number of aryl methyl sites for hydroxylation is 1. The summed E-state index contributed by atoms with van der Waals surface area (Å²) >= 11 is 0. The number of methoxy groups -OCH3 is 1. The Labute approximate surface area is 143 Å². The van der Waals surface area contributed by atoms with Gasteiger partial charge in [-0.25, -0.2) is 0 Å². The summed E-state index contributed by atoms with van der Waals surface area (Å²) in [4.78, 5) is 18.2. The fourth-order valence-electron chi connectivity index (χ4n) is 3.09. The molecule has 0 saturated carbocycles. The van der Waals surface area contributed by atoms with Crippen molar-refractivity contribution in [2.24, 2.45) is 16.8 Å². The summed E-state index contributed by atoms with van der Waals surface area (Å²) in [5.41, 5.74) is 1.20. The zero-order valence-corrected chi connectivity index (χ0v) is 14.7. The molecule has 6 heteroatoms. The molecule has 1 aromatic rings. The highest BCUT2D eigenvalue weighted by atomic mass is 16.5. The van der Waals surface area contributed by atoms with E-state index in [1.807, 2.05) is 12.1 Å². The van der Waals surface area contributed by atoms with Gasteiger partial charge in [0.15, 0.2) is 5.96 Å². The fourth-order valence-corrected chi connectivity index (χ4v) is 3.09. The van der Waals surface area contributed by atoms with Crippen LogP contribution in [0.4, 0.5) is 0 Å².